The molecule has 7 nitrogen and oxygen atoms in total. The number of anilines is 1. The van der Waals surface area contributed by atoms with E-state index in [4.69, 9.17) is 0 Å². The molecule has 0 unspecified atom stereocenters. The number of hydrogen-bond donors (Lipinski definition) is 2. The van der Waals surface area contributed by atoms with E-state index in [-0.39, 0.29) is 29.2 Å². The van der Waals surface area contributed by atoms with Crippen molar-refractivity contribution in [1.29, 1.82) is 0 Å². The van der Waals surface area contributed by atoms with E-state index in [0.29, 0.717) is 50.9 Å². The Kier molecular flexibility index (Phi) is 6.38. The molecule has 2 aromatic carbocycles. The van der Waals surface area contributed by atoms with Gasteiger partial charge in [-0.05, 0) is 55.0 Å². The molecule has 1 atom stereocenters. The Morgan fingerprint density at radius 3 is 2.71 bits per heavy atom. The van der Waals surface area contributed by atoms with Crippen molar-refractivity contribution in [3.8, 4) is 0 Å². The molecule has 2 amide bonds. The van der Waals surface area contributed by atoms with Gasteiger partial charge in [-0.1, -0.05) is 30.3 Å². The smallest absolute Gasteiger partial charge is 0.243 e. The highest BCUT2D eigenvalue weighted by molar-refractivity contribution is 7.89. The molecule has 164 valence electrons. The number of amides is 2. The summed E-state index contributed by atoms with van der Waals surface area (Å²) in [5, 5.41) is 5.76. The maximum Gasteiger partial charge on any atom is 0.243 e. The molecule has 0 radical (unpaired) electrons. The van der Waals surface area contributed by atoms with Crippen molar-refractivity contribution < 1.29 is 18.0 Å². The van der Waals surface area contributed by atoms with Gasteiger partial charge in [0.25, 0.3) is 0 Å². The Bertz CT molecular complexity index is 1070. The summed E-state index contributed by atoms with van der Waals surface area (Å²) in [5.74, 6) is -0.532. The lowest BCUT2D eigenvalue weighted by molar-refractivity contribution is -0.126. The Morgan fingerprint density at radius 1 is 1.10 bits per heavy atom. The van der Waals surface area contributed by atoms with Crippen LogP contribution in [0, 0.1) is 5.92 Å². The number of piperidine rings is 1. The number of nitrogens with one attached hydrogen (secondary N) is 2. The van der Waals surface area contributed by atoms with Crippen molar-refractivity contribution in [2.75, 3.05) is 18.4 Å². The van der Waals surface area contributed by atoms with Gasteiger partial charge in [0.1, 0.15) is 0 Å². The van der Waals surface area contributed by atoms with E-state index in [0.717, 1.165) is 11.1 Å². The number of aryl methyl sites for hydroxylation is 1. The van der Waals surface area contributed by atoms with Gasteiger partial charge < -0.3 is 10.6 Å². The van der Waals surface area contributed by atoms with Gasteiger partial charge in [-0.15, -0.1) is 0 Å². The molecule has 1 fully saturated rings. The van der Waals surface area contributed by atoms with E-state index in [9.17, 15) is 18.0 Å². The normalized spacial score (nSPS) is 19.7. The molecule has 0 saturated carbocycles. The molecule has 4 rings (SSSR count). The zero-order valence-corrected chi connectivity index (χ0v) is 18.2. The number of nitrogens with zero attached hydrogens (tertiary/aromatic N) is 1. The van der Waals surface area contributed by atoms with Crippen LogP contribution in [-0.2, 0) is 32.6 Å². The second kappa shape index (κ2) is 9.20. The second-order valence-electron chi connectivity index (χ2n) is 8.13. The first-order valence-electron chi connectivity index (χ1n) is 10.7. The predicted octanol–water partition coefficient (Wildman–Crippen LogP) is 2.68. The third kappa shape index (κ3) is 4.97. The highest BCUT2D eigenvalue weighted by atomic mass is 32.2. The van der Waals surface area contributed by atoms with Crippen LogP contribution in [0.2, 0.25) is 0 Å². The molecule has 2 aliphatic rings. The lowest BCUT2D eigenvalue weighted by Gasteiger charge is -2.31. The molecule has 0 aliphatic carbocycles. The minimum atomic E-state index is -3.71. The van der Waals surface area contributed by atoms with Gasteiger partial charge in [-0.25, -0.2) is 8.42 Å². The molecule has 8 heteroatoms. The van der Waals surface area contributed by atoms with E-state index in [1.54, 1.807) is 18.2 Å². The molecular weight excluding hydrogens is 414 g/mol. The first-order chi connectivity index (χ1) is 14.9. The molecule has 0 bridgehead atoms. The lowest BCUT2D eigenvalue weighted by atomic mass is 9.99. The minimum absolute atomic E-state index is 0.0465. The van der Waals surface area contributed by atoms with E-state index >= 15 is 0 Å². The largest absolute Gasteiger partial charge is 0.352 e. The molecule has 2 heterocycles. The van der Waals surface area contributed by atoms with Crippen molar-refractivity contribution in [3.05, 3.63) is 59.7 Å². The number of benzene rings is 2. The Morgan fingerprint density at radius 2 is 1.90 bits per heavy atom. The first-order valence-corrected chi connectivity index (χ1v) is 12.1. The molecule has 0 aromatic heterocycles. The van der Waals surface area contributed by atoms with Gasteiger partial charge in [0.05, 0.1) is 10.8 Å². The van der Waals surface area contributed by atoms with Crippen LogP contribution in [0.25, 0.3) is 0 Å². The van der Waals surface area contributed by atoms with E-state index in [2.05, 4.69) is 10.6 Å². The van der Waals surface area contributed by atoms with Gasteiger partial charge in [0.15, 0.2) is 0 Å². The average molecular weight is 442 g/mol. The SMILES string of the molecule is O=C1CCCc2cc(S(=O)(=O)N3CCC[C@H](C(=O)NCc4ccccc4)C3)ccc2N1. The van der Waals surface area contributed by atoms with Gasteiger partial charge in [0, 0.05) is 31.7 Å². The van der Waals surface area contributed by atoms with Crippen LogP contribution >= 0.6 is 0 Å². The zero-order chi connectivity index (χ0) is 21.8. The molecule has 2 N–H and O–H groups in total. The van der Waals surface area contributed by atoms with Crippen molar-refractivity contribution in [3.63, 3.8) is 0 Å². The predicted molar refractivity (Wildman–Crippen MR) is 118 cm³/mol. The van der Waals surface area contributed by atoms with Crippen LogP contribution in [0.15, 0.2) is 53.4 Å². The summed E-state index contributed by atoms with van der Waals surface area (Å²) >= 11 is 0. The third-order valence-corrected chi connectivity index (χ3v) is 7.76. The summed E-state index contributed by atoms with van der Waals surface area (Å²) in [4.78, 5) is 24.6. The van der Waals surface area contributed by atoms with Crippen molar-refractivity contribution in [1.82, 2.24) is 9.62 Å². The van der Waals surface area contributed by atoms with E-state index in [1.165, 1.54) is 4.31 Å². The maximum atomic E-state index is 13.3. The van der Waals surface area contributed by atoms with Crippen molar-refractivity contribution in [2.45, 2.75) is 43.5 Å². The Hall–Kier alpha value is -2.71. The van der Waals surface area contributed by atoms with Crippen LogP contribution in [-0.4, -0.2) is 37.6 Å². The molecule has 0 spiro atoms. The van der Waals surface area contributed by atoms with Gasteiger partial charge in [0.2, 0.25) is 21.8 Å². The summed E-state index contributed by atoms with van der Waals surface area (Å²) in [6, 6.07) is 14.5. The average Bonchev–Trinajstić information content (AvgIpc) is 2.98. The quantitative estimate of drug-likeness (QED) is 0.746. The molecule has 2 aromatic rings. The van der Waals surface area contributed by atoms with E-state index < -0.39 is 10.0 Å². The van der Waals surface area contributed by atoms with Crippen LogP contribution in [0.5, 0.6) is 0 Å². The molecule has 31 heavy (non-hydrogen) atoms. The fraction of sp³-hybridized carbons (Fsp3) is 0.391. The summed E-state index contributed by atoms with van der Waals surface area (Å²) in [6.45, 7) is 1.01. The standard InChI is InChI=1S/C23H27N3O4S/c27-22-10-4-8-18-14-20(11-12-21(18)25-22)31(29,30)26-13-5-9-19(16-26)23(28)24-15-17-6-2-1-3-7-17/h1-3,6-7,11-12,14,19H,4-5,8-10,13,15-16H2,(H,24,28)(H,25,27)/t19-/m0/s1. The molecule has 2 aliphatic heterocycles. The Labute approximate surface area is 182 Å². The fourth-order valence-electron chi connectivity index (χ4n) is 4.16. The van der Waals surface area contributed by atoms with Gasteiger partial charge in [-0.3, -0.25) is 9.59 Å². The minimum Gasteiger partial charge on any atom is -0.352 e. The molecule has 1 saturated heterocycles. The number of fused-ring (bicyclic) bond motifs is 1. The number of hydrogen-bond acceptors (Lipinski definition) is 4. The fourth-order valence-corrected chi connectivity index (χ4v) is 5.74. The summed E-state index contributed by atoms with van der Waals surface area (Å²) < 4.78 is 28.0. The van der Waals surface area contributed by atoms with Crippen LogP contribution in [0.3, 0.4) is 0 Å². The topological polar surface area (TPSA) is 95.6 Å². The van der Waals surface area contributed by atoms with Crippen LogP contribution < -0.4 is 10.6 Å². The van der Waals surface area contributed by atoms with Gasteiger partial charge in [-0.2, -0.15) is 4.31 Å². The summed E-state index contributed by atoms with van der Waals surface area (Å²) in [6.07, 6.45) is 3.09. The Balaban J connectivity index is 1.45. The van der Waals surface area contributed by atoms with E-state index in [1.807, 2.05) is 30.3 Å². The van der Waals surface area contributed by atoms with Crippen molar-refractivity contribution in [2.24, 2.45) is 5.92 Å². The maximum absolute atomic E-state index is 13.3. The van der Waals surface area contributed by atoms with Gasteiger partial charge >= 0.3 is 0 Å². The van der Waals surface area contributed by atoms with Crippen LogP contribution in [0.1, 0.15) is 36.8 Å². The number of carbonyl (C=O) groups is 2. The monoisotopic (exact) mass is 441 g/mol. The third-order valence-electron chi connectivity index (χ3n) is 5.90. The second-order valence-corrected chi connectivity index (χ2v) is 10.1. The highest BCUT2D eigenvalue weighted by Gasteiger charge is 2.33. The number of rotatable bonds is 5. The zero-order valence-electron chi connectivity index (χ0n) is 17.3. The molecular formula is C23H27N3O4S. The highest BCUT2D eigenvalue weighted by Crippen LogP contribution is 2.29. The summed E-state index contributed by atoms with van der Waals surface area (Å²) in [5.41, 5.74) is 2.52. The number of sulfonamides is 1. The summed E-state index contributed by atoms with van der Waals surface area (Å²) in [7, 11) is -3.71. The van der Waals surface area contributed by atoms with Crippen molar-refractivity contribution >= 4 is 27.5 Å². The first kappa shape index (κ1) is 21.5. The lowest BCUT2D eigenvalue weighted by Crippen LogP contribution is -2.45. The van der Waals surface area contributed by atoms with Crippen LogP contribution in [0.4, 0.5) is 5.69 Å². The number of carbonyl (C=O) groups excluding carboxylic acids is 2.